The summed E-state index contributed by atoms with van der Waals surface area (Å²) in [6, 6.07) is 6.34. The quantitative estimate of drug-likeness (QED) is 0.575. The van der Waals surface area contributed by atoms with Crippen molar-refractivity contribution < 1.29 is 13.9 Å². The SMILES string of the molecule is Cc1cc(CNc2nc3ccc([N+](=O)[O-])cc3o2)no1. The van der Waals surface area contributed by atoms with Gasteiger partial charge in [0.25, 0.3) is 11.7 Å². The van der Waals surface area contributed by atoms with E-state index in [0.717, 1.165) is 11.5 Å². The number of aryl methyl sites for hydroxylation is 1. The molecule has 0 unspecified atom stereocenters. The molecule has 0 radical (unpaired) electrons. The molecule has 0 bridgehead atoms. The van der Waals surface area contributed by atoms with Crippen LogP contribution in [0.2, 0.25) is 0 Å². The minimum atomic E-state index is -0.479. The third-order valence-electron chi connectivity index (χ3n) is 2.68. The fourth-order valence-electron chi connectivity index (χ4n) is 1.77. The molecule has 3 rings (SSSR count). The van der Waals surface area contributed by atoms with E-state index >= 15 is 0 Å². The summed E-state index contributed by atoms with van der Waals surface area (Å²) in [5.74, 6) is 0.718. The maximum atomic E-state index is 10.7. The van der Waals surface area contributed by atoms with E-state index in [1.165, 1.54) is 12.1 Å². The number of rotatable bonds is 4. The Bertz CT molecular complexity index is 777. The number of nitro groups is 1. The Morgan fingerprint density at radius 2 is 2.25 bits per heavy atom. The van der Waals surface area contributed by atoms with E-state index in [0.29, 0.717) is 17.6 Å². The minimum absolute atomic E-state index is 0.0349. The Balaban J connectivity index is 1.80. The molecule has 1 aromatic carbocycles. The van der Waals surface area contributed by atoms with Gasteiger partial charge in [0, 0.05) is 12.1 Å². The molecule has 2 aromatic heterocycles. The lowest BCUT2D eigenvalue weighted by Crippen LogP contribution is -1.99. The Kier molecular flexibility index (Phi) is 2.82. The average molecular weight is 274 g/mol. The highest BCUT2D eigenvalue weighted by molar-refractivity contribution is 5.77. The van der Waals surface area contributed by atoms with E-state index in [1.54, 1.807) is 19.1 Å². The van der Waals surface area contributed by atoms with Crippen molar-refractivity contribution in [1.29, 1.82) is 0 Å². The predicted molar refractivity (Wildman–Crippen MR) is 69.2 cm³/mol. The molecule has 20 heavy (non-hydrogen) atoms. The van der Waals surface area contributed by atoms with E-state index in [-0.39, 0.29) is 11.7 Å². The lowest BCUT2D eigenvalue weighted by atomic mass is 10.3. The third kappa shape index (κ3) is 2.30. The molecule has 2 heterocycles. The first-order valence-electron chi connectivity index (χ1n) is 5.83. The number of aromatic nitrogens is 2. The topological polar surface area (TPSA) is 107 Å². The van der Waals surface area contributed by atoms with Gasteiger partial charge in [0.05, 0.1) is 17.5 Å². The van der Waals surface area contributed by atoms with Crippen LogP contribution >= 0.6 is 0 Å². The van der Waals surface area contributed by atoms with Crippen LogP contribution in [0.4, 0.5) is 11.7 Å². The average Bonchev–Trinajstić information content (AvgIpc) is 3.00. The summed E-state index contributed by atoms with van der Waals surface area (Å²) in [5, 5.41) is 17.4. The highest BCUT2D eigenvalue weighted by Gasteiger charge is 2.11. The zero-order chi connectivity index (χ0) is 14.1. The standard InChI is InChI=1S/C12H10N4O4/c1-7-4-8(15-20-7)6-13-12-14-10-3-2-9(16(17)18)5-11(10)19-12/h2-5H,6H2,1H3,(H,13,14). The fourth-order valence-corrected chi connectivity index (χ4v) is 1.77. The first-order valence-corrected chi connectivity index (χ1v) is 5.83. The highest BCUT2D eigenvalue weighted by atomic mass is 16.6. The summed E-state index contributed by atoms with van der Waals surface area (Å²) in [5.41, 5.74) is 1.59. The van der Waals surface area contributed by atoms with Crippen molar-refractivity contribution >= 4 is 22.8 Å². The fraction of sp³-hybridized carbons (Fsp3) is 0.167. The molecule has 1 N–H and O–H groups in total. The van der Waals surface area contributed by atoms with Crippen LogP contribution < -0.4 is 5.32 Å². The summed E-state index contributed by atoms with van der Waals surface area (Å²) >= 11 is 0. The monoisotopic (exact) mass is 274 g/mol. The number of hydrogen-bond donors (Lipinski definition) is 1. The molecule has 0 amide bonds. The molecule has 0 aliphatic carbocycles. The Hall–Kier alpha value is -2.90. The van der Waals surface area contributed by atoms with Gasteiger partial charge in [0.15, 0.2) is 5.58 Å². The second kappa shape index (κ2) is 4.65. The number of hydrogen-bond acceptors (Lipinski definition) is 7. The van der Waals surface area contributed by atoms with Gasteiger partial charge in [-0.3, -0.25) is 10.1 Å². The number of nitrogens with zero attached hydrogens (tertiary/aromatic N) is 3. The molecule has 0 atom stereocenters. The molecule has 8 heteroatoms. The van der Waals surface area contributed by atoms with Crippen LogP contribution in [0.25, 0.3) is 11.1 Å². The largest absolute Gasteiger partial charge is 0.423 e. The number of benzene rings is 1. The minimum Gasteiger partial charge on any atom is -0.423 e. The van der Waals surface area contributed by atoms with Crippen molar-refractivity contribution in [2.75, 3.05) is 5.32 Å². The zero-order valence-corrected chi connectivity index (χ0v) is 10.5. The van der Waals surface area contributed by atoms with Gasteiger partial charge in [-0.15, -0.1) is 0 Å². The normalized spacial score (nSPS) is 10.8. The van der Waals surface area contributed by atoms with E-state index in [4.69, 9.17) is 8.94 Å². The van der Waals surface area contributed by atoms with E-state index in [2.05, 4.69) is 15.5 Å². The molecule has 3 aromatic rings. The van der Waals surface area contributed by atoms with Gasteiger partial charge in [0.2, 0.25) is 0 Å². The molecule has 0 saturated carbocycles. The molecule has 0 aliphatic rings. The number of oxazole rings is 1. The van der Waals surface area contributed by atoms with Crippen molar-refractivity contribution in [2.24, 2.45) is 0 Å². The van der Waals surface area contributed by atoms with E-state index < -0.39 is 4.92 Å². The molecular formula is C12H10N4O4. The molecular weight excluding hydrogens is 264 g/mol. The molecule has 8 nitrogen and oxygen atoms in total. The van der Waals surface area contributed by atoms with Crippen molar-refractivity contribution in [3.8, 4) is 0 Å². The smallest absolute Gasteiger partial charge is 0.296 e. The van der Waals surface area contributed by atoms with Gasteiger partial charge in [-0.25, -0.2) is 0 Å². The second-order valence-electron chi connectivity index (χ2n) is 4.21. The van der Waals surface area contributed by atoms with Crippen LogP contribution in [0.5, 0.6) is 0 Å². The lowest BCUT2D eigenvalue weighted by molar-refractivity contribution is -0.384. The van der Waals surface area contributed by atoms with Gasteiger partial charge in [-0.2, -0.15) is 4.98 Å². The van der Waals surface area contributed by atoms with Gasteiger partial charge in [-0.05, 0) is 13.0 Å². The maximum Gasteiger partial charge on any atom is 0.296 e. The first-order chi connectivity index (χ1) is 9.61. The first kappa shape index (κ1) is 12.2. The Labute approximate surface area is 112 Å². The van der Waals surface area contributed by atoms with Gasteiger partial charge >= 0.3 is 0 Å². The van der Waals surface area contributed by atoms with E-state index in [1.807, 2.05) is 0 Å². The molecule has 0 spiro atoms. The van der Waals surface area contributed by atoms with Crippen LogP contribution in [0, 0.1) is 17.0 Å². The Morgan fingerprint density at radius 1 is 1.40 bits per heavy atom. The predicted octanol–water partition coefficient (Wildman–Crippen LogP) is 2.64. The number of anilines is 1. The molecule has 0 aliphatic heterocycles. The summed E-state index contributed by atoms with van der Waals surface area (Å²) < 4.78 is 10.3. The van der Waals surface area contributed by atoms with Crippen LogP contribution in [0.3, 0.4) is 0 Å². The zero-order valence-electron chi connectivity index (χ0n) is 10.5. The van der Waals surface area contributed by atoms with Crippen molar-refractivity contribution in [1.82, 2.24) is 10.1 Å². The van der Waals surface area contributed by atoms with Gasteiger partial charge in [0.1, 0.15) is 17.0 Å². The molecule has 0 fully saturated rings. The van der Waals surface area contributed by atoms with Crippen molar-refractivity contribution in [3.63, 3.8) is 0 Å². The van der Waals surface area contributed by atoms with Crippen molar-refractivity contribution in [2.45, 2.75) is 13.5 Å². The Morgan fingerprint density at radius 3 is 2.95 bits per heavy atom. The lowest BCUT2D eigenvalue weighted by Gasteiger charge is -1.95. The summed E-state index contributed by atoms with van der Waals surface area (Å²) in [4.78, 5) is 14.4. The molecule has 0 saturated heterocycles. The van der Waals surface area contributed by atoms with Crippen LogP contribution in [-0.4, -0.2) is 15.1 Å². The second-order valence-corrected chi connectivity index (χ2v) is 4.21. The van der Waals surface area contributed by atoms with Gasteiger partial charge < -0.3 is 14.3 Å². The van der Waals surface area contributed by atoms with E-state index in [9.17, 15) is 10.1 Å². The maximum absolute atomic E-state index is 10.7. The van der Waals surface area contributed by atoms with Crippen LogP contribution in [0.1, 0.15) is 11.5 Å². The van der Waals surface area contributed by atoms with Gasteiger partial charge in [-0.1, -0.05) is 5.16 Å². The highest BCUT2D eigenvalue weighted by Crippen LogP contribution is 2.23. The number of non-ortho nitro benzene ring substituents is 1. The summed E-state index contributed by atoms with van der Waals surface area (Å²) in [7, 11) is 0. The third-order valence-corrected chi connectivity index (χ3v) is 2.68. The number of nitro benzene ring substituents is 1. The number of fused-ring (bicyclic) bond motifs is 1. The molecule has 102 valence electrons. The summed E-state index contributed by atoms with van der Waals surface area (Å²) in [6.07, 6.45) is 0. The van der Waals surface area contributed by atoms with Crippen LogP contribution in [-0.2, 0) is 6.54 Å². The number of nitrogens with one attached hydrogen (secondary N) is 1. The van der Waals surface area contributed by atoms with Crippen LogP contribution in [0.15, 0.2) is 33.2 Å². The summed E-state index contributed by atoms with van der Waals surface area (Å²) in [6.45, 7) is 2.20. The van der Waals surface area contributed by atoms with Crippen molar-refractivity contribution in [3.05, 3.63) is 45.8 Å².